The van der Waals surface area contributed by atoms with Crippen LogP contribution in [0.15, 0.2) is 48.8 Å². The fourth-order valence-electron chi connectivity index (χ4n) is 3.36. The molecule has 1 aromatic carbocycles. The third kappa shape index (κ3) is 3.60. The highest BCUT2D eigenvalue weighted by atomic mass is 32.1. The molecule has 0 spiro atoms. The summed E-state index contributed by atoms with van der Waals surface area (Å²) in [6.07, 6.45) is 6.27. The molecule has 1 fully saturated rings. The van der Waals surface area contributed by atoms with Crippen LogP contribution in [-0.2, 0) is 6.54 Å². The van der Waals surface area contributed by atoms with Crippen molar-refractivity contribution in [2.75, 3.05) is 18.4 Å². The normalized spacial score (nSPS) is 16.5. The van der Waals surface area contributed by atoms with Crippen LogP contribution >= 0.6 is 11.3 Å². The first kappa shape index (κ1) is 15.6. The van der Waals surface area contributed by atoms with E-state index in [0.717, 1.165) is 19.6 Å². The maximum atomic E-state index is 4.22. The number of piperidine rings is 1. The number of rotatable bonds is 4. The molecule has 1 saturated heterocycles. The molecule has 4 heteroatoms. The van der Waals surface area contributed by atoms with E-state index in [9.17, 15) is 0 Å². The summed E-state index contributed by atoms with van der Waals surface area (Å²) in [6.45, 7) is 5.52. The lowest BCUT2D eigenvalue weighted by Gasteiger charge is -2.32. The third-order valence-corrected chi connectivity index (χ3v) is 5.83. The molecule has 3 heterocycles. The molecule has 4 rings (SSSR count). The maximum Gasteiger partial charge on any atom is 0.0529 e. The zero-order chi connectivity index (χ0) is 16.4. The monoisotopic (exact) mass is 337 g/mol. The van der Waals surface area contributed by atoms with Crippen LogP contribution in [0, 0.1) is 6.92 Å². The van der Waals surface area contributed by atoms with Crippen LogP contribution in [0.4, 0.5) is 5.69 Å². The predicted octanol–water partition coefficient (Wildman–Crippen LogP) is 4.68. The molecule has 24 heavy (non-hydrogen) atoms. The van der Waals surface area contributed by atoms with E-state index in [1.54, 1.807) is 0 Å². The van der Waals surface area contributed by atoms with Gasteiger partial charge >= 0.3 is 0 Å². The van der Waals surface area contributed by atoms with Gasteiger partial charge < -0.3 is 5.32 Å². The molecule has 0 aliphatic carbocycles. The highest BCUT2D eigenvalue weighted by Gasteiger charge is 2.19. The van der Waals surface area contributed by atoms with E-state index in [2.05, 4.69) is 58.5 Å². The fourth-order valence-corrected chi connectivity index (χ4v) is 4.43. The molecule has 0 radical (unpaired) electrons. The molecule has 0 bridgehead atoms. The van der Waals surface area contributed by atoms with Crippen molar-refractivity contribution >= 4 is 27.1 Å². The zero-order valence-electron chi connectivity index (χ0n) is 14.0. The number of aryl methyl sites for hydroxylation is 1. The largest absolute Gasteiger partial charge is 0.382 e. The Kier molecular flexibility index (Phi) is 4.50. The van der Waals surface area contributed by atoms with Crippen molar-refractivity contribution in [2.24, 2.45) is 0 Å². The number of fused-ring (bicyclic) bond motifs is 1. The first-order valence-corrected chi connectivity index (χ1v) is 9.46. The number of nitrogens with zero attached hydrogens (tertiary/aromatic N) is 2. The van der Waals surface area contributed by atoms with Gasteiger partial charge in [-0.05, 0) is 49.4 Å². The number of thiophene rings is 1. The van der Waals surface area contributed by atoms with Crippen molar-refractivity contribution in [3.05, 3.63) is 59.2 Å². The highest BCUT2D eigenvalue weighted by molar-refractivity contribution is 7.19. The Bertz CT molecular complexity index is 768. The summed E-state index contributed by atoms with van der Waals surface area (Å²) in [4.78, 5) is 8.24. The summed E-state index contributed by atoms with van der Waals surface area (Å²) < 4.78 is 1.29. The van der Waals surface area contributed by atoms with Crippen LogP contribution in [0.25, 0.3) is 10.1 Å². The molecule has 0 atom stereocenters. The topological polar surface area (TPSA) is 28.2 Å². The smallest absolute Gasteiger partial charge is 0.0529 e. The van der Waals surface area contributed by atoms with E-state index >= 15 is 0 Å². The second-order valence-electron chi connectivity index (χ2n) is 6.69. The molecule has 1 aliphatic rings. The molecule has 1 aliphatic heterocycles. The van der Waals surface area contributed by atoms with E-state index in [1.165, 1.54) is 39.1 Å². The predicted molar refractivity (Wildman–Crippen MR) is 103 cm³/mol. The fraction of sp³-hybridized carbons (Fsp3) is 0.350. The number of aromatic nitrogens is 1. The molecule has 0 unspecified atom stereocenters. The summed E-state index contributed by atoms with van der Waals surface area (Å²) in [5, 5.41) is 5.00. The molecule has 3 nitrogen and oxygen atoms in total. The van der Waals surface area contributed by atoms with Crippen LogP contribution in [-0.4, -0.2) is 29.0 Å². The SMILES string of the molecule is Cc1ccc(NC2CCN(Cc3cc4ccncc4s3)CC2)cc1. The first-order chi connectivity index (χ1) is 11.8. The Morgan fingerprint density at radius 1 is 1.17 bits per heavy atom. The second kappa shape index (κ2) is 6.91. The number of likely N-dealkylation sites (tertiary alicyclic amines) is 1. The lowest BCUT2D eigenvalue weighted by Crippen LogP contribution is -2.38. The molecule has 1 N–H and O–H groups in total. The third-order valence-electron chi connectivity index (χ3n) is 4.76. The Labute approximate surface area is 147 Å². The van der Waals surface area contributed by atoms with Gasteiger partial charge in [-0.25, -0.2) is 0 Å². The molecule has 3 aromatic rings. The molecule has 124 valence electrons. The van der Waals surface area contributed by atoms with Crippen LogP contribution in [0.3, 0.4) is 0 Å². The average molecular weight is 337 g/mol. The minimum absolute atomic E-state index is 0.593. The number of benzene rings is 1. The molecule has 2 aromatic heterocycles. The van der Waals surface area contributed by atoms with Crippen LogP contribution in [0.5, 0.6) is 0 Å². The summed E-state index contributed by atoms with van der Waals surface area (Å²) in [5.41, 5.74) is 2.56. The first-order valence-electron chi connectivity index (χ1n) is 8.64. The van der Waals surface area contributed by atoms with E-state index in [4.69, 9.17) is 0 Å². The summed E-state index contributed by atoms with van der Waals surface area (Å²) in [6, 6.07) is 13.7. The maximum absolute atomic E-state index is 4.22. The van der Waals surface area contributed by atoms with Crippen LogP contribution < -0.4 is 5.32 Å². The molecule has 0 saturated carbocycles. The molecular formula is C20H23N3S. The average Bonchev–Trinajstić information content (AvgIpc) is 3.01. The summed E-state index contributed by atoms with van der Waals surface area (Å²) in [7, 11) is 0. The number of hydrogen-bond acceptors (Lipinski definition) is 4. The van der Waals surface area contributed by atoms with Crippen LogP contribution in [0.1, 0.15) is 23.3 Å². The molecular weight excluding hydrogens is 314 g/mol. The molecule has 0 amide bonds. The quantitative estimate of drug-likeness (QED) is 0.749. The van der Waals surface area contributed by atoms with Gasteiger partial charge in [0.15, 0.2) is 0 Å². The van der Waals surface area contributed by atoms with Crippen molar-refractivity contribution < 1.29 is 0 Å². The van der Waals surface area contributed by atoms with Gasteiger partial charge in [0.25, 0.3) is 0 Å². The van der Waals surface area contributed by atoms with Gasteiger partial charge in [0.2, 0.25) is 0 Å². The van der Waals surface area contributed by atoms with Gasteiger partial charge in [-0.15, -0.1) is 11.3 Å². The van der Waals surface area contributed by atoms with E-state index in [1.807, 2.05) is 23.7 Å². The lowest BCUT2D eigenvalue weighted by atomic mass is 10.0. The van der Waals surface area contributed by atoms with Gasteiger partial charge in [-0.3, -0.25) is 9.88 Å². The highest BCUT2D eigenvalue weighted by Crippen LogP contribution is 2.27. The minimum atomic E-state index is 0.593. The number of hydrogen-bond donors (Lipinski definition) is 1. The number of pyridine rings is 1. The number of nitrogens with one attached hydrogen (secondary N) is 1. The van der Waals surface area contributed by atoms with Gasteiger partial charge in [0.05, 0.1) is 4.70 Å². The number of anilines is 1. The Hall–Kier alpha value is -1.91. The van der Waals surface area contributed by atoms with E-state index in [-0.39, 0.29) is 0 Å². The van der Waals surface area contributed by atoms with Gasteiger partial charge in [0.1, 0.15) is 0 Å². The van der Waals surface area contributed by atoms with Crippen molar-refractivity contribution in [3.8, 4) is 0 Å². The minimum Gasteiger partial charge on any atom is -0.382 e. The van der Waals surface area contributed by atoms with Crippen molar-refractivity contribution in [2.45, 2.75) is 32.4 Å². The van der Waals surface area contributed by atoms with Gasteiger partial charge in [-0.1, -0.05) is 17.7 Å². The Balaban J connectivity index is 1.31. The van der Waals surface area contributed by atoms with Gasteiger partial charge in [0, 0.05) is 48.6 Å². The van der Waals surface area contributed by atoms with Crippen molar-refractivity contribution in [1.29, 1.82) is 0 Å². The van der Waals surface area contributed by atoms with Crippen molar-refractivity contribution in [1.82, 2.24) is 9.88 Å². The summed E-state index contributed by atoms with van der Waals surface area (Å²) >= 11 is 1.88. The summed E-state index contributed by atoms with van der Waals surface area (Å²) in [5.74, 6) is 0. The Morgan fingerprint density at radius 2 is 1.96 bits per heavy atom. The van der Waals surface area contributed by atoms with Crippen LogP contribution in [0.2, 0.25) is 0 Å². The second-order valence-corrected chi connectivity index (χ2v) is 7.86. The zero-order valence-corrected chi connectivity index (χ0v) is 14.9. The lowest BCUT2D eigenvalue weighted by molar-refractivity contribution is 0.213. The van der Waals surface area contributed by atoms with Gasteiger partial charge in [-0.2, -0.15) is 0 Å². The van der Waals surface area contributed by atoms with Crippen molar-refractivity contribution in [3.63, 3.8) is 0 Å². The van der Waals surface area contributed by atoms with E-state index in [0.29, 0.717) is 6.04 Å². The standard InChI is InChI=1S/C20H23N3S/c1-15-2-4-17(5-3-15)22-18-7-10-23(11-8-18)14-19-12-16-6-9-21-13-20(16)24-19/h2-6,9,12-13,18,22H,7-8,10-11,14H2,1H3. The van der Waals surface area contributed by atoms with E-state index < -0.39 is 0 Å². The Morgan fingerprint density at radius 3 is 2.71 bits per heavy atom.